The number of rotatable bonds is 7. The lowest BCUT2D eigenvalue weighted by Crippen LogP contribution is -2.39. The minimum atomic E-state index is 0.212. The van der Waals surface area contributed by atoms with Gasteiger partial charge in [0.1, 0.15) is 0 Å². The molecule has 1 amide bonds. The quantitative estimate of drug-likeness (QED) is 0.576. The fraction of sp³-hybridized carbons (Fsp3) is 0.917. The van der Waals surface area contributed by atoms with Crippen LogP contribution in [0.5, 0.6) is 0 Å². The predicted molar refractivity (Wildman–Crippen MR) is 70.9 cm³/mol. The van der Waals surface area contributed by atoms with Gasteiger partial charge in [-0.15, -0.1) is 0 Å². The van der Waals surface area contributed by atoms with Gasteiger partial charge in [-0.3, -0.25) is 9.69 Å². The van der Waals surface area contributed by atoms with Crippen LogP contribution in [-0.4, -0.2) is 41.8 Å². The van der Waals surface area contributed by atoms with Crippen molar-refractivity contribution in [3.05, 3.63) is 0 Å². The molecule has 1 unspecified atom stereocenters. The van der Waals surface area contributed by atoms with Gasteiger partial charge in [0.05, 0.1) is 0 Å². The highest BCUT2D eigenvalue weighted by atomic mass is 79.9. The lowest BCUT2D eigenvalue weighted by atomic mass is 10.2. The number of halogens is 1. The first-order chi connectivity index (χ1) is 7.77. The summed E-state index contributed by atoms with van der Waals surface area (Å²) < 4.78 is 0. The minimum absolute atomic E-state index is 0.212. The van der Waals surface area contributed by atoms with Crippen molar-refractivity contribution in [1.82, 2.24) is 10.2 Å². The first-order valence-electron chi connectivity index (χ1n) is 6.34. The van der Waals surface area contributed by atoms with Crippen molar-refractivity contribution in [3.63, 3.8) is 0 Å². The maximum Gasteiger partial charge on any atom is 0.220 e. The Kier molecular flexibility index (Phi) is 7.05. The smallest absolute Gasteiger partial charge is 0.220 e. The molecule has 1 aliphatic heterocycles. The summed E-state index contributed by atoms with van der Waals surface area (Å²) in [7, 11) is 0. The van der Waals surface area contributed by atoms with Gasteiger partial charge in [0, 0.05) is 24.3 Å². The number of carbonyl (C=O) groups is 1. The number of likely N-dealkylation sites (N-methyl/N-ethyl adjacent to an activating group) is 1. The number of nitrogens with one attached hydrogen (secondary N) is 1. The molecule has 4 heteroatoms. The van der Waals surface area contributed by atoms with E-state index in [1.165, 1.54) is 19.4 Å². The van der Waals surface area contributed by atoms with Gasteiger partial charge < -0.3 is 5.32 Å². The molecule has 0 aromatic rings. The minimum Gasteiger partial charge on any atom is -0.355 e. The molecular formula is C12H23BrN2O. The third-order valence-corrected chi connectivity index (χ3v) is 3.79. The van der Waals surface area contributed by atoms with Crippen LogP contribution in [0.3, 0.4) is 0 Å². The van der Waals surface area contributed by atoms with Crippen LogP contribution in [0, 0.1) is 0 Å². The van der Waals surface area contributed by atoms with Crippen LogP contribution in [0.1, 0.15) is 39.0 Å². The fourth-order valence-corrected chi connectivity index (χ4v) is 2.64. The Bertz CT molecular complexity index is 211. The van der Waals surface area contributed by atoms with E-state index in [0.717, 1.165) is 31.3 Å². The summed E-state index contributed by atoms with van der Waals surface area (Å²) in [6, 6.07) is 0.574. The zero-order chi connectivity index (χ0) is 11.8. The van der Waals surface area contributed by atoms with E-state index in [1.807, 2.05) is 0 Å². The van der Waals surface area contributed by atoms with Crippen LogP contribution < -0.4 is 5.32 Å². The monoisotopic (exact) mass is 290 g/mol. The molecule has 94 valence electrons. The second kappa shape index (κ2) is 8.07. The first kappa shape index (κ1) is 14.0. The third kappa shape index (κ3) is 4.83. The normalized spacial score (nSPS) is 21.2. The SMILES string of the molecule is CCN1CCCC1CNC(=O)CCCCBr. The van der Waals surface area contributed by atoms with Crippen LogP contribution in [-0.2, 0) is 4.79 Å². The zero-order valence-corrected chi connectivity index (χ0v) is 11.8. The van der Waals surface area contributed by atoms with Gasteiger partial charge in [-0.1, -0.05) is 22.9 Å². The largest absolute Gasteiger partial charge is 0.355 e. The molecule has 0 aromatic heterocycles. The number of hydrogen-bond acceptors (Lipinski definition) is 2. The van der Waals surface area contributed by atoms with E-state index in [4.69, 9.17) is 0 Å². The number of likely N-dealkylation sites (tertiary alicyclic amines) is 1. The van der Waals surface area contributed by atoms with Gasteiger partial charge in [-0.05, 0) is 38.8 Å². The topological polar surface area (TPSA) is 32.3 Å². The van der Waals surface area contributed by atoms with Gasteiger partial charge in [0.2, 0.25) is 5.91 Å². The van der Waals surface area contributed by atoms with Crippen molar-refractivity contribution in [2.24, 2.45) is 0 Å². The molecule has 16 heavy (non-hydrogen) atoms. The van der Waals surface area contributed by atoms with Gasteiger partial charge in [0.15, 0.2) is 0 Å². The molecule has 0 spiro atoms. The van der Waals surface area contributed by atoms with E-state index in [9.17, 15) is 4.79 Å². The summed E-state index contributed by atoms with van der Waals surface area (Å²) in [4.78, 5) is 14.0. The lowest BCUT2D eigenvalue weighted by molar-refractivity contribution is -0.121. The predicted octanol–water partition coefficient (Wildman–Crippen LogP) is 2.15. The molecule has 1 aliphatic rings. The van der Waals surface area contributed by atoms with Gasteiger partial charge in [-0.2, -0.15) is 0 Å². The summed E-state index contributed by atoms with van der Waals surface area (Å²) in [6.45, 7) is 5.32. The number of carbonyl (C=O) groups excluding carboxylic acids is 1. The Hall–Kier alpha value is -0.0900. The van der Waals surface area contributed by atoms with Crippen molar-refractivity contribution in [2.75, 3.05) is 25.0 Å². The second-order valence-electron chi connectivity index (χ2n) is 4.37. The second-order valence-corrected chi connectivity index (χ2v) is 5.17. The van der Waals surface area contributed by atoms with Crippen LogP contribution in [0.4, 0.5) is 0 Å². The average molecular weight is 291 g/mol. The molecule has 1 N–H and O–H groups in total. The van der Waals surface area contributed by atoms with E-state index in [-0.39, 0.29) is 5.91 Å². The van der Waals surface area contributed by atoms with Crippen LogP contribution in [0.25, 0.3) is 0 Å². The van der Waals surface area contributed by atoms with E-state index >= 15 is 0 Å². The van der Waals surface area contributed by atoms with E-state index in [1.54, 1.807) is 0 Å². The number of nitrogens with zero attached hydrogens (tertiary/aromatic N) is 1. The summed E-state index contributed by atoms with van der Waals surface area (Å²) >= 11 is 3.37. The summed E-state index contributed by atoms with van der Waals surface area (Å²) in [5.74, 6) is 0.212. The highest BCUT2D eigenvalue weighted by Crippen LogP contribution is 2.15. The Labute approximate surface area is 107 Å². The summed E-state index contributed by atoms with van der Waals surface area (Å²) in [5, 5.41) is 4.04. The molecule has 1 heterocycles. The molecule has 0 saturated carbocycles. The number of amides is 1. The van der Waals surface area contributed by atoms with Gasteiger partial charge >= 0.3 is 0 Å². The van der Waals surface area contributed by atoms with Crippen molar-refractivity contribution < 1.29 is 4.79 Å². The highest BCUT2D eigenvalue weighted by Gasteiger charge is 2.22. The zero-order valence-electron chi connectivity index (χ0n) is 10.2. The Morgan fingerprint density at radius 3 is 3.00 bits per heavy atom. The standard InChI is InChI=1S/C12H23BrN2O/c1-2-15-9-5-6-11(15)10-14-12(16)7-3-4-8-13/h11H,2-10H2,1H3,(H,14,16). The van der Waals surface area contributed by atoms with Crippen molar-refractivity contribution in [1.29, 1.82) is 0 Å². The third-order valence-electron chi connectivity index (χ3n) is 3.23. The Morgan fingerprint density at radius 1 is 1.50 bits per heavy atom. The van der Waals surface area contributed by atoms with Gasteiger partial charge in [-0.25, -0.2) is 0 Å². The molecule has 0 bridgehead atoms. The van der Waals surface area contributed by atoms with E-state index < -0.39 is 0 Å². The lowest BCUT2D eigenvalue weighted by Gasteiger charge is -2.22. The summed E-state index contributed by atoms with van der Waals surface area (Å²) in [5.41, 5.74) is 0. The molecule has 3 nitrogen and oxygen atoms in total. The molecular weight excluding hydrogens is 268 g/mol. The maximum absolute atomic E-state index is 11.5. The molecule has 1 saturated heterocycles. The van der Waals surface area contributed by atoms with Crippen LogP contribution in [0.2, 0.25) is 0 Å². The number of hydrogen-bond donors (Lipinski definition) is 1. The fourth-order valence-electron chi connectivity index (χ4n) is 2.24. The van der Waals surface area contributed by atoms with Crippen LogP contribution in [0.15, 0.2) is 0 Å². The van der Waals surface area contributed by atoms with E-state index in [2.05, 4.69) is 33.1 Å². The first-order valence-corrected chi connectivity index (χ1v) is 7.46. The van der Waals surface area contributed by atoms with E-state index in [0.29, 0.717) is 12.5 Å². The summed E-state index contributed by atoms with van der Waals surface area (Å²) in [6.07, 6.45) is 5.25. The Balaban J connectivity index is 2.11. The number of unbranched alkanes of at least 4 members (excludes halogenated alkanes) is 1. The number of alkyl halides is 1. The molecule has 0 aromatic carbocycles. The molecule has 1 fully saturated rings. The van der Waals surface area contributed by atoms with Crippen molar-refractivity contribution >= 4 is 21.8 Å². The molecule has 1 atom stereocenters. The van der Waals surface area contributed by atoms with Crippen LogP contribution >= 0.6 is 15.9 Å². The van der Waals surface area contributed by atoms with Gasteiger partial charge in [0.25, 0.3) is 0 Å². The molecule has 0 radical (unpaired) electrons. The molecule has 0 aliphatic carbocycles. The van der Waals surface area contributed by atoms with Crippen molar-refractivity contribution in [2.45, 2.75) is 45.1 Å². The molecule has 1 rings (SSSR count). The Morgan fingerprint density at radius 2 is 2.31 bits per heavy atom. The average Bonchev–Trinajstić information content (AvgIpc) is 2.74. The van der Waals surface area contributed by atoms with Crippen molar-refractivity contribution in [3.8, 4) is 0 Å². The maximum atomic E-state index is 11.5. The highest BCUT2D eigenvalue weighted by molar-refractivity contribution is 9.09.